The van der Waals surface area contributed by atoms with Gasteiger partial charge in [-0.1, -0.05) is 35.9 Å². The van der Waals surface area contributed by atoms with Crippen LogP contribution in [0.3, 0.4) is 0 Å². The van der Waals surface area contributed by atoms with Gasteiger partial charge in [-0.2, -0.15) is 5.26 Å². The zero-order chi connectivity index (χ0) is 15.7. The molecule has 0 atom stereocenters. The van der Waals surface area contributed by atoms with Gasteiger partial charge in [-0.25, -0.2) is 0 Å². The number of nitriles is 1. The third kappa shape index (κ3) is 2.51. The maximum absolute atomic E-state index is 10.9. The smallest absolute Gasteiger partial charge is 0.310 e. The van der Waals surface area contributed by atoms with E-state index < -0.39 is 5.97 Å². The number of rotatable bonds is 3. The Morgan fingerprint density at radius 3 is 2.64 bits per heavy atom. The number of benzene rings is 2. The summed E-state index contributed by atoms with van der Waals surface area (Å²) in [7, 11) is 0. The molecule has 0 aromatic heterocycles. The molecule has 0 bridgehead atoms. The molecular weight excluding hydrogens is 300 g/mol. The fourth-order valence-electron chi connectivity index (χ4n) is 2.60. The summed E-state index contributed by atoms with van der Waals surface area (Å²) >= 11 is 6.19. The van der Waals surface area contributed by atoms with Crippen LogP contribution < -0.4 is 4.90 Å². The fourth-order valence-corrected chi connectivity index (χ4v) is 2.84. The number of anilines is 1. The molecule has 0 unspecified atom stereocenters. The Morgan fingerprint density at radius 2 is 2.00 bits per heavy atom. The number of halogens is 1. The lowest BCUT2D eigenvalue weighted by molar-refractivity contribution is -0.142. The number of carbonyl (C=O) groups is 1. The first-order valence-electron chi connectivity index (χ1n) is 6.87. The van der Waals surface area contributed by atoms with Gasteiger partial charge in [0.25, 0.3) is 0 Å². The third-order valence-corrected chi connectivity index (χ3v) is 4.20. The van der Waals surface area contributed by atoms with Gasteiger partial charge in [0.15, 0.2) is 0 Å². The van der Waals surface area contributed by atoms with E-state index in [0.717, 1.165) is 16.8 Å². The third-order valence-electron chi connectivity index (χ3n) is 3.87. The molecule has 0 aliphatic carbocycles. The van der Waals surface area contributed by atoms with Crippen LogP contribution in [0.1, 0.15) is 5.56 Å². The quantitative estimate of drug-likeness (QED) is 0.943. The summed E-state index contributed by atoms with van der Waals surface area (Å²) < 4.78 is 0. The van der Waals surface area contributed by atoms with Gasteiger partial charge < -0.3 is 10.0 Å². The van der Waals surface area contributed by atoms with E-state index in [-0.39, 0.29) is 5.92 Å². The van der Waals surface area contributed by atoms with Crippen LogP contribution >= 0.6 is 11.6 Å². The van der Waals surface area contributed by atoms with Gasteiger partial charge in [0.1, 0.15) is 6.07 Å². The molecule has 0 amide bonds. The average molecular weight is 313 g/mol. The van der Waals surface area contributed by atoms with E-state index in [1.54, 1.807) is 6.07 Å². The minimum Gasteiger partial charge on any atom is -0.481 e. The highest BCUT2D eigenvalue weighted by molar-refractivity contribution is 6.33. The first-order valence-corrected chi connectivity index (χ1v) is 7.24. The summed E-state index contributed by atoms with van der Waals surface area (Å²) in [5.74, 6) is -1.14. The van der Waals surface area contributed by atoms with Crippen LogP contribution in [0.2, 0.25) is 5.02 Å². The average Bonchev–Trinajstić information content (AvgIpc) is 2.46. The van der Waals surface area contributed by atoms with Gasteiger partial charge in [0, 0.05) is 23.7 Å². The van der Waals surface area contributed by atoms with Gasteiger partial charge in [0.2, 0.25) is 0 Å². The first-order chi connectivity index (χ1) is 10.6. The Morgan fingerprint density at radius 1 is 1.27 bits per heavy atom. The number of carboxylic acid groups (broad SMARTS) is 1. The van der Waals surface area contributed by atoms with E-state index in [4.69, 9.17) is 16.7 Å². The van der Waals surface area contributed by atoms with Crippen molar-refractivity contribution in [2.45, 2.75) is 0 Å². The second kappa shape index (κ2) is 5.70. The number of aliphatic carboxylic acids is 1. The second-order valence-electron chi connectivity index (χ2n) is 5.26. The van der Waals surface area contributed by atoms with E-state index in [1.807, 2.05) is 41.3 Å². The largest absolute Gasteiger partial charge is 0.481 e. The van der Waals surface area contributed by atoms with Crippen LogP contribution in [-0.4, -0.2) is 24.2 Å². The van der Waals surface area contributed by atoms with Crippen molar-refractivity contribution in [3.63, 3.8) is 0 Å². The molecule has 0 radical (unpaired) electrons. The van der Waals surface area contributed by atoms with Crippen molar-refractivity contribution in [1.29, 1.82) is 5.26 Å². The normalized spacial score (nSPS) is 14.3. The van der Waals surface area contributed by atoms with E-state index in [2.05, 4.69) is 6.07 Å². The molecule has 2 aromatic rings. The van der Waals surface area contributed by atoms with Crippen molar-refractivity contribution in [3.8, 4) is 17.2 Å². The lowest BCUT2D eigenvalue weighted by Gasteiger charge is -2.39. The lowest BCUT2D eigenvalue weighted by atomic mass is 9.96. The van der Waals surface area contributed by atoms with Crippen LogP contribution in [-0.2, 0) is 4.79 Å². The molecule has 110 valence electrons. The summed E-state index contributed by atoms with van der Waals surface area (Å²) in [6.07, 6.45) is 0. The van der Waals surface area contributed by atoms with E-state index in [9.17, 15) is 10.1 Å². The monoisotopic (exact) mass is 312 g/mol. The highest BCUT2D eigenvalue weighted by Gasteiger charge is 2.33. The summed E-state index contributed by atoms with van der Waals surface area (Å²) in [5, 5.41) is 19.0. The highest BCUT2D eigenvalue weighted by atomic mass is 35.5. The summed E-state index contributed by atoms with van der Waals surface area (Å²) in [4.78, 5) is 12.8. The molecule has 3 rings (SSSR count). The van der Waals surface area contributed by atoms with Gasteiger partial charge in [-0.15, -0.1) is 0 Å². The van der Waals surface area contributed by atoms with Crippen molar-refractivity contribution >= 4 is 23.3 Å². The number of carboxylic acids is 1. The molecular formula is C17H13ClN2O2. The number of hydrogen-bond acceptors (Lipinski definition) is 3. The van der Waals surface area contributed by atoms with Crippen LogP contribution in [0.25, 0.3) is 11.1 Å². The van der Waals surface area contributed by atoms with E-state index in [1.165, 1.54) is 0 Å². The molecule has 1 aliphatic rings. The minimum absolute atomic E-state index is 0.352. The molecule has 0 saturated carbocycles. The Balaban J connectivity index is 1.91. The van der Waals surface area contributed by atoms with E-state index in [0.29, 0.717) is 23.7 Å². The Labute approximate surface area is 133 Å². The molecule has 1 heterocycles. The molecule has 2 aromatic carbocycles. The van der Waals surface area contributed by atoms with E-state index >= 15 is 0 Å². The molecule has 0 spiro atoms. The zero-order valence-electron chi connectivity index (χ0n) is 11.7. The van der Waals surface area contributed by atoms with Crippen LogP contribution in [0, 0.1) is 17.2 Å². The molecule has 1 N–H and O–H groups in total. The minimum atomic E-state index is -0.789. The number of hydrogen-bond donors (Lipinski definition) is 1. The fraction of sp³-hybridized carbons (Fsp3) is 0.176. The molecule has 1 saturated heterocycles. The van der Waals surface area contributed by atoms with Crippen molar-refractivity contribution in [2.24, 2.45) is 5.92 Å². The highest BCUT2D eigenvalue weighted by Crippen LogP contribution is 2.33. The van der Waals surface area contributed by atoms with Crippen molar-refractivity contribution in [3.05, 3.63) is 53.1 Å². The van der Waals surface area contributed by atoms with Gasteiger partial charge in [-0.05, 0) is 23.8 Å². The van der Waals surface area contributed by atoms with Crippen molar-refractivity contribution in [2.75, 3.05) is 18.0 Å². The zero-order valence-corrected chi connectivity index (χ0v) is 12.4. The van der Waals surface area contributed by atoms with Crippen molar-refractivity contribution < 1.29 is 9.90 Å². The van der Waals surface area contributed by atoms with Crippen LogP contribution in [0.5, 0.6) is 0 Å². The lowest BCUT2D eigenvalue weighted by Crippen LogP contribution is -2.50. The molecule has 1 fully saturated rings. The Hall–Kier alpha value is -2.51. The maximum Gasteiger partial charge on any atom is 0.310 e. The molecule has 4 nitrogen and oxygen atoms in total. The molecule has 5 heteroatoms. The van der Waals surface area contributed by atoms with Crippen LogP contribution in [0.4, 0.5) is 5.69 Å². The summed E-state index contributed by atoms with van der Waals surface area (Å²) in [6, 6.07) is 15.2. The predicted molar refractivity (Wildman–Crippen MR) is 84.9 cm³/mol. The van der Waals surface area contributed by atoms with Gasteiger partial charge >= 0.3 is 5.97 Å². The molecule has 1 aliphatic heterocycles. The SMILES string of the molecule is N#Cc1cc(-c2ccccc2Cl)ccc1N1CC(C(=O)O)C1. The number of nitrogens with zero attached hydrogens (tertiary/aromatic N) is 2. The first kappa shape index (κ1) is 14.4. The predicted octanol–water partition coefficient (Wildman–Crippen LogP) is 3.40. The topological polar surface area (TPSA) is 64.3 Å². The Bertz CT molecular complexity index is 776. The summed E-state index contributed by atoms with van der Waals surface area (Å²) in [6.45, 7) is 0.880. The van der Waals surface area contributed by atoms with Gasteiger partial charge in [-0.3, -0.25) is 4.79 Å². The second-order valence-corrected chi connectivity index (χ2v) is 5.67. The summed E-state index contributed by atoms with van der Waals surface area (Å²) in [5.41, 5.74) is 3.05. The van der Waals surface area contributed by atoms with Crippen molar-refractivity contribution in [1.82, 2.24) is 0 Å². The Kier molecular flexibility index (Phi) is 3.74. The standard InChI is InChI=1S/C17H13ClN2O2/c18-15-4-2-1-3-14(15)11-5-6-16(12(7-11)8-19)20-9-13(10-20)17(21)22/h1-7,13H,9-10H2,(H,21,22). The molecule has 22 heavy (non-hydrogen) atoms. The van der Waals surface area contributed by atoms with Gasteiger partial charge in [0.05, 0.1) is 17.2 Å². The van der Waals surface area contributed by atoms with Crippen LogP contribution in [0.15, 0.2) is 42.5 Å². The maximum atomic E-state index is 10.9.